The zero-order valence-corrected chi connectivity index (χ0v) is 15.2. The lowest BCUT2D eigenvalue weighted by molar-refractivity contribution is 0.0185. The Labute approximate surface area is 148 Å². The van der Waals surface area contributed by atoms with Gasteiger partial charge in [0, 0.05) is 31.0 Å². The number of likely N-dealkylation sites (tertiary alicyclic amines) is 1. The van der Waals surface area contributed by atoms with E-state index >= 15 is 0 Å². The number of hydrogen-bond acceptors (Lipinski definition) is 4. The normalized spacial score (nSPS) is 15.6. The molecule has 3 amide bonds. The molecule has 1 aliphatic rings. The van der Waals surface area contributed by atoms with Crippen molar-refractivity contribution in [3.63, 3.8) is 0 Å². The topological polar surface area (TPSA) is 96.7 Å². The predicted molar refractivity (Wildman–Crippen MR) is 98.4 cm³/mol. The highest BCUT2D eigenvalue weighted by Crippen LogP contribution is 2.19. The Morgan fingerprint density at radius 2 is 1.96 bits per heavy atom. The monoisotopic (exact) mass is 348 g/mol. The second kappa shape index (κ2) is 8.09. The first-order valence-electron chi connectivity index (χ1n) is 8.61. The van der Waals surface area contributed by atoms with E-state index in [1.807, 2.05) is 20.8 Å². The number of ether oxygens (including phenoxy) is 1. The van der Waals surface area contributed by atoms with Gasteiger partial charge in [-0.2, -0.15) is 0 Å². The Morgan fingerprint density at radius 3 is 2.56 bits per heavy atom. The third-order valence-electron chi connectivity index (χ3n) is 3.96. The molecule has 1 aliphatic heterocycles. The molecule has 7 nitrogen and oxygen atoms in total. The van der Waals surface area contributed by atoms with Crippen molar-refractivity contribution >= 4 is 23.5 Å². The van der Waals surface area contributed by atoms with E-state index in [2.05, 4.69) is 10.6 Å². The van der Waals surface area contributed by atoms with Gasteiger partial charge in [0.25, 0.3) is 0 Å². The van der Waals surface area contributed by atoms with Crippen molar-refractivity contribution in [2.45, 2.75) is 39.2 Å². The lowest BCUT2D eigenvalue weighted by Gasteiger charge is -2.33. The van der Waals surface area contributed by atoms with E-state index < -0.39 is 5.60 Å². The maximum Gasteiger partial charge on any atom is 0.410 e. The molecular weight excluding hydrogens is 320 g/mol. The molecule has 138 valence electrons. The summed E-state index contributed by atoms with van der Waals surface area (Å²) in [7, 11) is 0. The van der Waals surface area contributed by atoms with Gasteiger partial charge in [-0.05, 0) is 57.7 Å². The Morgan fingerprint density at radius 1 is 1.28 bits per heavy atom. The van der Waals surface area contributed by atoms with Crippen molar-refractivity contribution in [2.24, 2.45) is 5.92 Å². The minimum atomic E-state index is -0.478. The van der Waals surface area contributed by atoms with E-state index in [9.17, 15) is 9.59 Å². The first-order chi connectivity index (χ1) is 11.7. The lowest BCUT2D eigenvalue weighted by Crippen LogP contribution is -2.44. The molecule has 1 fully saturated rings. The molecule has 0 aliphatic carbocycles. The summed E-state index contributed by atoms with van der Waals surface area (Å²) in [6.07, 6.45) is 1.42. The Hall–Kier alpha value is -2.44. The van der Waals surface area contributed by atoms with Gasteiger partial charge in [0.1, 0.15) is 5.60 Å². The molecule has 1 aromatic carbocycles. The number of nitrogens with two attached hydrogens (primary N) is 1. The number of nitrogens with zero attached hydrogens (tertiary/aromatic N) is 1. The first kappa shape index (κ1) is 18.9. The third kappa shape index (κ3) is 6.52. The van der Waals surface area contributed by atoms with E-state index in [-0.39, 0.29) is 12.1 Å². The zero-order chi connectivity index (χ0) is 18.4. The molecule has 7 heteroatoms. The number of benzene rings is 1. The van der Waals surface area contributed by atoms with Gasteiger partial charge in [-0.15, -0.1) is 0 Å². The van der Waals surface area contributed by atoms with Crippen LogP contribution in [0.1, 0.15) is 33.6 Å². The van der Waals surface area contributed by atoms with Crippen molar-refractivity contribution in [3.8, 4) is 0 Å². The first-order valence-corrected chi connectivity index (χ1v) is 8.61. The van der Waals surface area contributed by atoms with Crippen LogP contribution in [-0.4, -0.2) is 42.3 Å². The molecular formula is C18H28N4O3. The molecule has 1 aromatic rings. The van der Waals surface area contributed by atoms with Crippen LogP contribution < -0.4 is 16.4 Å². The molecule has 0 atom stereocenters. The summed E-state index contributed by atoms with van der Waals surface area (Å²) >= 11 is 0. The summed E-state index contributed by atoms with van der Waals surface area (Å²) in [6.45, 7) is 7.47. The fourth-order valence-electron chi connectivity index (χ4n) is 2.67. The molecule has 0 saturated carbocycles. The quantitative estimate of drug-likeness (QED) is 0.732. The number of hydrogen-bond donors (Lipinski definition) is 3. The Kier molecular flexibility index (Phi) is 6.12. The van der Waals surface area contributed by atoms with E-state index in [1.165, 1.54) is 0 Å². The number of carbonyl (C=O) groups is 2. The predicted octanol–water partition coefficient (Wildman–Crippen LogP) is 3.04. The molecule has 25 heavy (non-hydrogen) atoms. The van der Waals surface area contributed by atoms with Gasteiger partial charge in [-0.3, -0.25) is 0 Å². The maximum absolute atomic E-state index is 12.0. The van der Waals surface area contributed by atoms with Crippen LogP contribution in [-0.2, 0) is 4.74 Å². The second-order valence-corrected chi connectivity index (χ2v) is 7.37. The second-order valence-electron chi connectivity index (χ2n) is 7.37. The molecule has 4 N–H and O–H groups in total. The van der Waals surface area contributed by atoms with Gasteiger partial charge in [0.05, 0.1) is 0 Å². The van der Waals surface area contributed by atoms with Crippen molar-refractivity contribution in [3.05, 3.63) is 24.3 Å². The number of piperidine rings is 1. The van der Waals surface area contributed by atoms with Gasteiger partial charge in [0.2, 0.25) is 0 Å². The summed E-state index contributed by atoms with van der Waals surface area (Å²) < 4.78 is 5.38. The fraction of sp³-hybridized carbons (Fsp3) is 0.556. The lowest BCUT2D eigenvalue weighted by atomic mass is 9.97. The van der Waals surface area contributed by atoms with Gasteiger partial charge in [0.15, 0.2) is 0 Å². The number of nitrogen functional groups attached to an aromatic ring is 1. The molecule has 0 aromatic heterocycles. The molecule has 0 unspecified atom stereocenters. The van der Waals surface area contributed by atoms with Gasteiger partial charge in [-0.25, -0.2) is 9.59 Å². The van der Waals surface area contributed by atoms with Crippen molar-refractivity contribution in [2.75, 3.05) is 30.7 Å². The van der Waals surface area contributed by atoms with Crippen LogP contribution >= 0.6 is 0 Å². The van der Waals surface area contributed by atoms with E-state index in [1.54, 1.807) is 29.2 Å². The van der Waals surface area contributed by atoms with Crippen LogP contribution in [0.25, 0.3) is 0 Å². The summed E-state index contributed by atoms with van der Waals surface area (Å²) in [5.74, 6) is 0.352. The van der Waals surface area contributed by atoms with E-state index in [0.29, 0.717) is 36.9 Å². The standard InChI is InChI=1S/C18H28N4O3/c1-18(2,3)25-17(24)22-9-7-13(8-10-22)12-20-16(23)21-15-6-4-5-14(19)11-15/h4-6,11,13H,7-10,12,19H2,1-3H3,(H2,20,21,23). The summed E-state index contributed by atoms with van der Waals surface area (Å²) in [5, 5.41) is 5.64. The maximum atomic E-state index is 12.0. The zero-order valence-electron chi connectivity index (χ0n) is 15.2. The van der Waals surface area contributed by atoms with Crippen LogP contribution in [0.5, 0.6) is 0 Å². The molecule has 0 bridgehead atoms. The van der Waals surface area contributed by atoms with Crippen LogP contribution in [0, 0.1) is 5.92 Å². The van der Waals surface area contributed by atoms with E-state index in [0.717, 1.165) is 12.8 Å². The van der Waals surface area contributed by atoms with Crippen LogP contribution in [0.4, 0.5) is 21.0 Å². The Bertz CT molecular complexity index is 605. The number of rotatable bonds is 3. The molecule has 0 spiro atoms. The molecule has 1 heterocycles. The summed E-state index contributed by atoms with van der Waals surface area (Å²) in [6, 6.07) is 6.80. The molecule has 0 radical (unpaired) electrons. The highest BCUT2D eigenvalue weighted by Gasteiger charge is 2.26. The van der Waals surface area contributed by atoms with E-state index in [4.69, 9.17) is 10.5 Å². The van der Waals surface area contributed by atoms with Crippen LogP contribution in [0.2, 0.25) is 0 Å². The number of nitrogens with one attached hydrogen (secondary N) is 2. The number of urea groups is 1. The minimum absolute atomic E-state index is 0.250. The van der Waals surface area contributed by atoms with Crippen molar-refractivity contribution < 1.29 is 14.3 Å². The number of carbonyl (C=O) groups excluding carboxylic acids is 2. The van der Waals surface area contributed by atoms with Crippen LogP contribution in [0.3, 0.4) is 0 Å². The largest absolute Gasteiger partial charge is 0.444 e. The number of anilines is 2. The minimum Gasteiger partial charge on any atom is -0.444 e. The molecule has 1 saturated heterocycles. The number of amides is 3. The van der Waals surface area contributed by atoms with Crippen molar-refractivity contribution in [1.29, 1.82) is 0 Å². The highest BCUT2D eigenvalue weighted by atomic mass is 16.6. The fourth-order valence-corrected chi connectivity index (χ4v) is 2.67. The third-order valence-corrected chi connectivity index (χ3v) is 3.96. The Balaban J connectivity index is 1.70. The SMILES string of the molecule is CC(C)(C)OC(=O)N1CCC(CNC(=O)Nc2cccc(N)c2)CC1. The van der Waals surface area contributed by atoms with Gasteiger partial charge >= 0.3 is 12.1 Å². The summed E-state index contributed by atoms with van der Waals surface area (Å²) in [4.78, 5) is 25.7. The van der Waals surface area contributed by atoms with Crippen molar-refractivity contribution in [1.82, 2.24) is 10.2 Å². The van der Waals surface area contributed by atoms with Gasteiger partial charge < -0.3 is 26.0 Å². The van der Waals surface area contributed by atoms with Crippen LogP contribution in [0.15, 0.2) is 24.3 Å². The average Bonchev–Trinajstić information content (AvgIpc) is 2.52. The average molecular weight is 348 g/mol. The highest BCUT2D eigenvalue weighted by molar-refractivity contribution is 5.89. The smallest absolute Gasteiger partial charge is 0.410 e. The molecule has 2 rings (SSSR count). The summed E-state index contributed by atoms with van der Waals surface area (Å²) in [5.41, 5.74) is 6.48. The van der Waals surface area contributed by atoms with Gasteiger partial charge in [-0.1, -0.05) is 6.07 Å².